The summed E-state index contributed by atoms with van der Waals surface area (Å²) >= 11 is 0. The number of fused-ring (bicyclic) bond motifs is 2. The third-order valence-corrected chi connectivity index (χ3v) is 6.26. The summed E-state index contributed by atoms with van der Waals surface area (Å²) < 4.78 is 0. The second-order valence-electron chi connectivity index (χ2n) is 7.63. The van der Waals surface area contributed by atoms with Crippen LogP contribution < -0.4 is 0 Å². The van der Waals surface area contributed by atoms with E-state index < -0.39 is 0 Å². The van der Waals surface area contributed by atoms with Crippen molar-refractivity contribution in [3.05, 3.63) is 40.0 Å². The van der Waals surface area contributed by atoms with E-state index in [4.69, 9.17) is 0 Å². The smallest absolute Gasteiger partial charge is 0.0430 e. The van der Waals surface area contributed by atoms with Crippen molar-refractivity contribution >= 4 is 5.70 Å². The molecule has 0 N–H and O–H groups in total. The van der Waals surface area contributed by atoms with Crippen LogP contribution in [0.1, 0.15) is 68.7 Å². The maximum atomic E-state index is 2.52. The molecular formula is C20H29N. The van der Waals surface area contributed by atoms with Crippen molar-refractivity contribution < 1.29 is 0 Å². The van der Waals surface area contributed by atoms with E-state index in [9.17, 15) is 0 Å². The molecule has 2 aliphatic rings. The molecule has 21 heavy (non-hydrogen) atoms. The highest BCUT2D eigenvalue weighted by atomic mass is 15.1. The van der Waals surface area contributed by atoms with Crippen LogP contribution in [0.15, 0.2) is 17.7 Å². The van der Waals surface area contributed by atoms with Gasteiger partial charge in [0.15, 0.2) is 0 Å². The average molecular weight is 283 g/mol. The normalized spacial score (nSPS) is 31.2. The van der Waals surface area contributed by atoms with Crippen molar-refractivity contribution in [2.24, 2.45) is 11.8 Å². The Morgan fingerprint density at radius 2 is 1.43 bits per heavy atom. The maximum Gasteiger partial charge on any atom is 0.0430 e. The van der Waals surface area contributed by atoms with Gasteiger partial charge in [0.05, 0.1) is 0 Å². The fraction of sp³-hybridized carbons (Fsp3) is 0.600. The number of rotatable bonds is 1. The minimum Gasteiger partial charge on any atom is -0.377 e. The van der Waals surface area contributed by atoms with Crippen LogP contribution >= 0.6 is 0 Å². The first-order valence-electron chi connectivity index (χ1n) is 8.37. The monoisotopic (exact) mass is 283 g/mol. The topological polar surface area (TPSA) is 3.24 Å². The zero-order valence-corrected chi connectivity index (χ0v) is 14.6. The van der Waals surface area contributed by atoms with Crippen molar-refractivity contribution in [2.75, 3.05) is 14.1 Å². The van der Waals surface area contributed by atoms with Crippen molar-refractivity contribution in [2.45, 2.75) is 52.9 Å². The third kappa shape index (κ3) is 2.05. The molecule has 0 fully saturated rings. The molecule has 0 amide bonds. The first-order valence-corrected chi connectivity index (χ1v) is 8.37. The van der Waals surface area contributed by atoms with E-state index in [1.54, 1.807) is 11.1 Å². The van der Waals surface area contributed by atoms with Crippen molar-refractivity contribution in [3.8, 4) is 0 Å². The molecule has 0 aromatic heterocycles. The summed E-state index contributed by atoms with van der Waals surface area (Å²) in [5.41, 5.74) is 9.19. The summed E-state index contributed by atoms with van der Waals surface area (Å²) in [4.78, 5) is 2.29. The van der Waals surface area contributed by atoms with Crippen LogP contribution in [0.25, 0.3) is 5.70 Å². The molecule has 1 aromatic carbocycles. The van der Waals surface area contributed by atoms with Crippen LogP contribution in [0.5, 0.6) is 0 Å². The molecule has 0 spiro atoms. The van der Waals surface area contributed by atoms with E-state index in [0.29, 0.717) is 11.8 Å². The lowest BCUT2D eigenvalue weighted by Crippen LogP contribution is -2.27. The largest absolute Gasteiger partial charge is 0.377 e. The fourth-order valence-electron chi connectivity index (χ4n) is 4.53. The molecule has 114 valence electrons. The molecule has 0 radical (unpaired) electrons. The van der Waals surface area contributed by atoms with Gasteiger partial charge in [-0.05, 0) is 65.3 Å². The van der Waals surface area contributed by atoms with Gasteiger partial charge in [-0.1, -0.05) is 33.8 Å². The zero-order valence-electron chi connectivity index (χ0n) is 14.6. The Hall–Kier alpha value is -1.24. The lowest BCUT2D eigenvalue weighted by Gasteiger charge is -2.39. The molecule has 0 aliphatic heterocycles. The van der Waals surface area contributed by atoms with Crippen LogP contribution in [0.4, 0.5) is 0 Å². The summed E-state index contributed by atoms with van der Waals surface area (Å²) in [5, 5.41) is 0. The van der Waals surface area contributed by atoms with Crippen molar-refractivity contribution in [3.63, 3.8) is 0 Å². The van der Waals surface area contributed by atoms with Crippen LogP contribution in [0.2, 0.25) is 0 Å². The van der Waals surface area contributed by atoms with Gasteiger partial charge in [-0.2, -0.15) is 0 Å². The molecule has 4 atom stereocenters. The van der Waals surface area contributed by atoms with Gasteiger partial charge in [0.1, 0.15) is 0 Å². The van der Waals surface area contributed by atoms with Gasteiger partial charge < -0.3 is 4.90 Å². The Balaban J connectivity index is 2.16. The minimum absolute atomic E-state index is 0.667. The number of nitrogens with zero attached hydrogens (tertiary/aromatic N) is 1. The first-order chi connectivity index (χ1) is 9.82. The molecule has 2 aliphatic carbocycles. The molecule has 1 aromatic rings. The molecular weight excluding hydrogens is 254 g/mol. The second-order valence-corrected chi connectivity index (χ2v) is 7.63. The number of hydrogen-bond donors (Lipinski definition) is 0. The van der Waals surface area contributed by atoms with Gasteiger partial charge in [-0.15, -0.1) is 0 Å². The summed E-state index contributed by atoms with van der Waals surface area (Å²) in [6, 6.07) is 5.04. The Kier molecular flexibility index (Phi) is 3.43. The van der Waals surface area contributed by atoms with Crippen LogP contribution in [0.3, 0.4) is 0 Å². The van der Waals surface area contributed by atoms with Gasteiger partial charge >= 0.3 is 0 Å². The minimum atomic E-state index is 0.667. The lowest BCUT2D eigenvalue weighted by atomic mass is 9.65. The maximum absolute atomic E-state index is 2.52. The molecule has 1 heteroatoms. The molecule has 4 unspecified atom stereocenters. The van der Waals surface area contributed by atoms with E-state index in [2.05, 4.69) is 65.7 Å². The van der Waals surface area contributed by atoms with Gasteiger partial charge in [0, 0.05) is 25.4 Å². The summed E-state index contributed by atoms with van der Waals surface area (Å²) in [6.45, 7) is 12.0. The number of benzene rings is 1. The predicted molar refractivity (Wildman–Crippen MR) is 91.6 cm³/mol. The van der Waals surface area contributed by atoms with Crippen molar-refractivity contribution in [1.82, 2.24) is 4.90 Å². The Labute approximate surface area is 130 Å². The number of hydrogen-bond acceptors (Lipinski definition) is 1. The standard InChI is InChI=1S/C20H29N/c1-11-8-16-9-17-14(4)12(2)13(3)15(5)18(17)10-19(16)20(11)21(6)7/h9-10,12-15H,8H2,1-7H3. The summed E-state index contributed by atoms with van der Waals surface area (Å²) in [6.07, 6.45) is 1.13. The highest BCUT2D eigenvalue weighted by Crippen LogP contribution is 2.48. The molecule has 0 heterocycles. The van der Waals surface area contributed by atoms with Gasteiger partial charge in [-0.25, -0.2) is 0 Å². The Morgan fingerprint density at radius 1 is 0.905 bits per heavy atom. The van der Waals surface area contributed by atoms with Crippen molar-refractivity contribution in [1.29, 1.82) is 0 Å². The zero-order chi connectivity index (χ0) is 15.5. The predicted octanol–water partition coefficient (Wildman–Crippen LogP) is 5.03. The quantitative estimate of drug-likeness (QED) is 0.699. The number of allylic oxidation sites excluding steroid dienone is 1. The van der Waals surface area contributed by atoms with E-state index in [0.717, 1.165) is 18.3 Å². The fourth-order valence-corrected chi connectivity index (χ4v) is 4.53. The molecule has 3 rings (SSSR count). The molecule has 0 saturated carbocycles. The first kappa shape index (κ1) is 14.7. The van der Waals surface area contributed by atoms with E-state index in [1.807, 2.05) is 0 Å². The van der Waals surface area contributed by atoms with Gasteiger partial charge in [0.25, 0.3) is 0 Å². The second kappa shape index (κ2) is 4.90. The van der Waals surface area contributed by atoms with Gasteiger partial charge in [-0.3, -0.25) is 0 Å². The average Bonchev–Trinajstić information content (AvgIpc) is 2.76. The summed E-state index contributed by atoms with van der Waals surface area (Å²) in [5.74, 6) is 2.88. The van der Waals surface area contributed by atoms with Crippen LogP contribution in [-0.2, 0) is 6.42 Å². The summed E-state index contributed by atoms with van der Waals surface area (Å²) in [7, 11) is 4.34. The van der Waals surface area contributed by atoms with Crippen LogP contribution in [0, 0.1) is 11.8 Å². The molecule has 1 nitrogen and oxygen atoms in total. The van der Waals surface area contributed by atoms with Crippen LogP contribution in [-0.4, -0.2) is 19.0 Å². The SMILES string of the molecule is CC1=C(N(C)C)c2cc3c(cc2C1)C(C)C(C)C(C)C3C. The van der Waals surface area contributed by atoms with E-state index in [1.165, 1.54) is 22.4 Å². The highest BCUT2D eigenvalue weighted by Gasteiger charge is 2.35. The highest BCUT2D eigenvalue weighted by molar-refractivity contribution is 5.76. The van der Waals surface area contributed by atoms with E-state index in [-0.39, 0.29) is 0 Å². The Bertz CT molecular complexity index is 609. The third-order valence-electron chi connectivity index (χ3n) is 6.26. The van der Waals surface area contributed by atoms with E-state index >= 15 is 0 Å². The molecule has 0 saturated heterocycles. The lowest BCUT2D eigenvalue weighted by molar-refractivity contribution is 0.273. The van der Waals surface area contributed by atoms with Gasteiger partial charge in [0.2, 0.25) is 0 Å². The Morgan fingerprint density at radius 3 is 1.95 bits per heavy atom. The molecule has 0 bridgehead atoms.